The quantitative estimate of drug-likeness (QED) is 0.818. The van der Waals surface area contributed by atoms with Crippen molar-refractivity contribution >= 4 is 17.5 Å². The SMILES string of the molecule is CC(C)(NCc1ccc(OCc2ccc(Cl)cc2)cc1)C(N)=O. The number of primary amides is 1. The van der Waals surface area contributed by atoms with Crippen LogP contribution in [0.5, 0.6) is 5.75 Å². The van der Waals surface area contributed by atoms with Crippen LogP contribution in [0.4, 0.5) is 0 Å². The maximum absolute atomic E-state index is 11.3. The number of carbonyl (C=O) groups excluding carboxylic acids is 1. The molecule has 2 rings (SSSR count). The number of hydrogen-bond donors (Lipinski definition) is 2. The largest absolute Gasteiger partial charge is 0.489 e. The second-order valence-electron chi connectivity index (χ2n) is 5.90. The van der Waals surface area contributed by atoms with Crippen molar-refractivity contribution in [1.29, 1.82) is 0 Å². The van der Waals surface area contributed by atoms with E-state index < -0.39 is 5.54 Å². The fraction of sp³-hybridized carbons (Fsp3) is 0.278. The summed E-state index contributed by atoms with van der Waals surface area (Å²) in [5.41, 5.74) is 6.71. The van der Waals surface area contributed by atoms with Gasteiger partial charge in [0, 0.05) is 11.6 Å². The van der Waals surface area contributed by atoms with Gasteiger partial charge in [0.05, 0.1) is 5.54 Å². The normalized spacial score (nSPS) is 11.3. The Hall–Kier alpha value is -2.04. The molecule has 5 heteroatoms. The lowest BCUT2D eigenvalue weighted by Gasteiger charge is -2.22. The van der Waals surface area contributed by atoms with E-state index in [0.717, 1.165) is 16.9 Å². The van der Waals surface area contributed by atoms with Crippen LogP contribution in [0.2, 0.25) is 5.02 Å². The number of ether oxygens (including phenoxy) is 1. The standard InChI is InChI=1S/C18H21ClN2O2/c1-18(2,17(20)22)21-11-13-5-9-16(10-6-13)23-12-14-3-7-15(19)8-4-14/h3-10,21H,11-12H2,1-2H3,(H2,20,22). The molecule has 0 unspecified atom stereocenters. The minimum absolute atomic E-state index is 0.375. The van der Waals surface area contributed by atoms with Crippen molar-refractivity contribution < 1.29 is 9.53 Å². The van der Waals surface area contributed by atoms with Gasteiger partial charge in [0.1, 0.15) is 12.4 Å². The molecule has 0 aliphatic carbocycles. The number of amides is 1. The van der Waals surface area contributed by atoms with Crippen LogP contribution in [0.3, 0.4) is 0 Å². The summed E-state index contributed by atoms with van der Waals surface area (Å²) in [7, 11) is 0. The summed E-state index contributed by atoms with van der Waals surface area (Å²) in [5, 5.41) is 3.84. The van der Waals surface area contributed by atoms with Crippen molar-refractivity contribution in [3.63, 3.8) is 0 Å². The van der Waals surface area contributed by atoms with Crippen molar-refractivity contribution in [2.45, 2.75) is 32.5 Å². The Morgan fingerprint density at radius 2 is 1.65 bits per heavy atom. The van der Waals surface area contributed by atoms with Gasteiger partial charge in [-0.25, -0.2) is 0 Å². The van der Waals surface area contributed by atoms with Crippen LogP contribution in [0, 0.1) is 0 Å². The monoisotopic (exact) mass is 332 g/mol. The van der Waals surface area contributed by atoms with Gasteiger partial charge in [-0.15, -0.1) is 0 Å². The molecule has 0 saturated carbocycles. The topological polar surface area (TPSA) is 64.3 Å². The summed E-state index contributed by atoms with van der Waals surface area (Å²) in [5.74, 6) is 0.415. The van der Waals surface area contributed by atoms with Gasteiger partial charge in [0.15, 0.2) is 0 Å². The highest BCUT2D eigenvalue weighted by molar-refractivity contribution is 6.30. The summed E-state index contributed by atoms with van der Waals surface area (Å²) in [6, 6.07) is 15.3. The Balaban J connectivity index is 1.87. The second kappa shape index (κ2) is 7.49. The van der Waals surface area contributed by atoms with E-state index in [2.05, 4.69) is 5.32 Å². The first-order chi connectivity index (χ1) is 10.9. The first-order valence-electron chi connectivity index (χ1n) is 7.38. The lowest BCUT2D eigenvalue weighted by molar-refractivity contribution is -0.123. The lowest BCUT2D eigenvalue weighted by atomic mass is 10.0. The molecule has 0 fully saturated rings. The number of hydrogen-bond acceptors (Lipinski definition) is 3. The van der Waals surface area contributed by atoms with Crippen molar-refractivity contribution in [2.24, 2.45) is 5.73 Å². The summed E-state index contributed by atoms with van der Waals surface area (Å²) >= 11 is 5.85. The molecule has 0 aliphatic rings. The van der Waals surface area contributed by atoms with Crippen LogP contribution in [-0.4, -0.2) is 11.4 Å². The van der Waals surface area contributed by atoms with Crippen LogP contribution < -0.4 is 15.8 Å². The van der Waals surface area contributed by atoms with E-state index in [0.29, 0.717) is 18.2 Å². The maximum atomic E-state index is 11.3. The molecular weight excluding hydrogens is 312 g/mol. The summed E-state index contributed by atoms with van der Waals surface area (Å²) in [4.78, 5) is 11.3. The molecule has 0 aliphatic heterocycles. The van der Waals surface area contributed by atoms with Gasteiger partial charge >= 0.3 is 0 Å². The molecule has 1 amide bonds. The minimum Gasteiger partial charge on any atom is -0.489 e. The van der Waals surface area contributed by atoms with Gasteiger partial charge in [-0.1, -0.05) is 35.9 Å². The van der Waals surface area contributed by atoms with Crippen LogP contribution in [-0.2, 0) is 17.9 Å². The predicted octanol–water partition coefficient (Wildman–Crippen LogP) is 3.27. The van der Waals surface area contributed by atoms with E-state index in [9.17, 15) is 4.79 Å². The van der Waals surface area contributed by atoms with Crippen molar-refractivity contribution in [2.75, 3.05) is 0 Å². The number of nitrogens with two attached hydrogens (primary N) is 1. The molecule has 122 valence electrons. The molecule has 2 aromatic carbocycles. The molecule has 0 bridgehead atoms. The maximum Gasteiger partial charge on any atom is 0.237 e. The molecule has 3 N–H and O–H groups in total. The third-order valence-electron chi connectivity index (χ3n) is 3.59. The molecule has 0 aromatic heterocycles. The van der Waals surface area contributed by atoms with Gasteiger partial charge in [-0.2, -0.15) is 0 Å². The van der Waals surface area contributed by atoms with Gasteiger partial charge < -0.3 is 10.5 Å². The molecule has 0 atom stereocenters. The molecule has 23 heavy (non-hydrogen) atoms. The Labute approximate surface area is 141 Å². The lowest BCUT2D eigenvalue weighted by Crippen LogP contribution is -2.50. The average Bonchev–Trinajstić information content (AvgIpc) is 2.53. The molecule has 0 saturated heterocycles. The highest BCUT2D eigenvalue weighted by atomic mass is 35.5. The second-order valence-corrected chi connectivity index (χ2v) is 6.34. The number of carbonyl (C=O) groups is 1. The van der Waals surface area contributed by atoms with Crippen LogP contribution >= 0.6 is 11.6 Å². The van der Waals surface area contributed by atoms with E-state index in [1.807, 2.05) is 48.5 Å². The molecule has 0 radical (unpaired) electrons. The van der Waals surface area contributed by atoms with E-state index >= 15 is 0 Å². The van der Waals surface area contributed by atoms with Crippen LogP contribution in [0.1, 0.15) is 25.0 Å². The van der Waals surface area contributed by atoms with Gasteiger partial charge in [-0.3, -0.25) is 10.1 Å². The van der Waals surface area contributed by atoms with Gasteiger partial charge in [-0.05, 0) is 49.2 Å². The highest BCUT2D eigenvalue weighted by Gasteiger charge is 2.23. The third-order valence-corrected chi connectivity index (χ3v) is 3.84. The van der Waals surface area contributed by atoms with E-state index in [4.69, 9.17) is 22.1 Å². The van der Waals surface area contributed by atoms with E-state index in [1.165, 1.54) is 0 Å². The molecule has 0 spiro atoms. The van der Waals surface area contributed by atoms with Gasteiger partial charge in [0.2, 0.25) is 5.91 Å². The summed E-state index contributed by atoms with van der Waals surface area (Å²) in [6.45, 7) is 4.58. The third kappa shape index (κ3) is 5.27. The van der Waals surface area contributed by atoms with Gasteiger partial charge in [0.25, 0.3) is 0 Å². The zero-order valence-corrected chi connectivity index (χ0v) is 14.1. The number of nitrogens with one attached hydrogen (secondary N) is 1. The Bertz CT molecular complexity index is 652. The van der Waals surface area contributed by atoms with Crippen molar-refractivity contribution in [3.05, 3.63) is 64.7 Å². The summed E-state index contributed by atoms with van der Waals surface area (Å²) in [6.07, 6.45) is 0. The molecular formula is C18H21ClN2O2. The minimum atomic E-state index is -0.732. The number of benzene rings is 2. The number of halogens is 1. The van der Waals surface area contributed by atoms with Crippen molar-refractivity contribution in [1.82, 2.24) is 5.32 Å². The Kier molecular flexibility index (Phi) is 5.64. The molecule has 0 heterocycles. The molecule has 4 nitrogen and oxygen atoms in total. The van der Waals surface area contributed by atoms with Crippen molar-refractivity contribution in [3.8, 4) is 5.75 Å². The van der Waals surface area contributed by atoms with E-state index in [-0.39, 0.29) is 5.91 Å². The Morgan fingerprint density at radius 3 is 2.22 bits per heavy atom. The predicted molar refractivity (Wildman–Crippen MR) is 92.3 cm³/mol. The number of rotatable bonds is 7. The first-order valence-corrected chi connectivity index (χ1v) is 7.76. The Morgan fingerprint density at radius 1 is 1.09 bits per heavy atom. The zero-order chi connectivity index (χ0) is 16.9. The zero-order valence-electron chi connectivity index (χ0n) is 13.3. The van der Waals surface area contributed by atoms with Crippen LogP contribution in [0.15, 0.2) is 48.5 Å². The highest BCUT2D eigenvalue weighted by Crippen LogP contribution is 2.16. The fourth-order valence-corrected chi connectivity index (χ4v) is 1.99. The smallest absolute Gasteiger partial charge is 0.237 e. The first kappa shape index (κ1) is 17.3. The van der Waals surface area contributed by atoms with E-state index in [1.54, 1.807) is 13.8 Å². The average molecular weight is 333 g/mol. The fourth-order valence-electron chi connectivity index (χ4n) is 1.86. The summed E-state index contributed by atoms with van der Waals surface area (Å²) < 4.78 is 5.73. The molecule has 2 aromatic rings. The van der Waals surface area contributed by atoms with Crippen LogP contribution in [0.25, 0.3) is 0 Å².